The van der Waals surface area contributed by atoms with Crippen molar-refractivity contribution in [1.29, 1.82) is 0 Å². The lowest BCUT2D eigenvalue weighted by molar-refractivity contribution is -0.127. The predicted octanol–water partition coefficient (Wildman–Crippen LogP) is 3.32. The summed E-state index contributed by atoms with van der Waals surface area (Å²) in [6.45, 7) is 7.08. The lowest BCUT2D eigenvalue weighted by Crippen LogP contribution is -2.40. The standard InChI is InChI=1S/C20H26N2O2/c1-15-10-11-16(2)19(14-15)24-17(3)20(23)21-12-13-22(4)18-8-6-5-7-9-18/h5-11,14,17H,12-13H2,1-4H3,(H,21,23)/t17-/m1/s1. The van der Waals surface area contributed by atoms with E-state index in [-0.39, 0.29) is 5.91 Å². The van der Waals surface area contributed by atoms with Gasteiger partial charge in [0, 0.05) is 25.8 Å². The molecule has 0 radical (unpaired) electrons. The second-order valence-electron chi connectivity index (χ2n) is 6.08. The first-order valence-corrected chi connectivity index (χ1v) is 8.25. The quantitative estimate of drug-likeness (QED) is 0.848. The van der Waals surface area contributed by atoms with Gasteiger partial charge in [-0.05, 0) is 50.1 Å². The van der Waals surface area contributed by atoms with Gasteiger partial charge >= 0.3 is 0 Å². The van der Waals surface area contributed by atoms with E-state index in [1.54, 1.807) is 6.92 Å². The van der Waals surface area contributed by atoms with Crippen molar-refractivity contribution in [3.63, 3.8) is 0 Å². The number of hydrogen-bond acceptors (Lipinski definition) is 3. The highest BCUT2D eigenvalue weighted by atomic mass is 16.5. The number of hydrogen-bond donors (Lipinski definition) is 1. The first-order chi connectivity index (χ1) is 11.5. The largest absolute Gasteiger partial charge is 0.481 e. The lowest BCUT2D eigenvalue weighted by Gasteiger charge is -2.21. The predicted molar refractivity (Wildman–Crippen MR) is 98.7 cm³/mol. The van der Waals surface area contributed by atoms with E-state index in [0.29, 0.717) is 6.54 Å². The molecule has 2 aromatic rings. The monoisotopic (exact) mass is 326 g/mol. The van der Waals surface area contributed by atoms with E-state index >= 15 is 0 Å². The number of benzene rings is 2. The maximum Gasteiger partial charge on any atom is 0.260 e. The molecule has 4 nitrogen and oxygen atoms in total. The highest BCUT2D eigenvalue weighted by molar-refractivity contribution is 5.80. The second-order valence-corrected chi connectivity index (χ2v) is 6.08. The van der Waals surface area contributed by atoms with E-state index in [1.165, 1.54) is 0 Å². The zero-order valence-corrected chi connectivity index (χ0v) is 14.9. The van der Waals surface area contributed by atoms with Crippen molar-refractivity contribution in [1.82, 2.24) is 5.32 Å². The second kappa shape index (κ2) is 8.39. The van der Waals surface area contributed by atoms with Gasteiger partial charge in [0.2, 0.25) is 0 Å². The lowest BCUT2D eigenvalue weighted by atomic mass is 10.1. The summed E-state index contributed by atoms with van der Waals surface area (Å²) in [4.78, 5) is 14.3. The van der Waals surface area contributed by atoms with Crippen LogP contribution < -0.4 is 15.0 Å². The van der Waals surface area contributed by atoms with Gasteiger partial charge in [-0.3, -0.25) is 4.79 Å². The maximum absolute atomic E-state index is 12.2. The summed E-state index contributed by atoms with van der Waals surface area (Å²) in [7, 11) is 2.01. The Hall–Kier alpha value is -2.49. The first kappa shape index (κ1) is 17.9. The van der Waals surface area contributed by atoms with Gasteiger partial charge in [0.05, 0.1) is 0 Å². The van der Waals surface area contributed by atoms with Crippen molar-refractivity contribution in [2.45, 2.75) is 26.9 Å². The molecule has 1 atom stereocenters. The highest BCUT2D eigenvalue weighted by Crippen LogP contribution is 2.20. The van der Waals surface area contributed by atoms with Gasteiger partial charge in [0.15, 0.2) is 6.10 Å². The fourth-order valence-corrected chi connectivity index (χ4v) is 2.38. The van der Waals surface area contributed by atoms with Crippen molar-refractivity contribution < 1.29 is 9.53 Å². The van der Waals surface area contributed by atoms with Gasteiger partial charge in [-0.1, -0.05) is 30.3 Å². The Bertz CT molecular complexity index is 671. The molecular weight excluding hydrogens is 300 g/mol. The fourth-order valence-electron chi connectivity index (χ4n) is 2.38. The molecule has 0 spiro atoms. The van der Waals surface area contributed by atoms with Gasteiger partial charge in [0.1, 0.15) is 5.75 Å². The topological polar surface area (TPSA) is 41.6 Å². The molecule has 0 saturated carbocycles. The van der Waals surface area contributed by atoms with Crippen LogP contribution in [0.4, 0.5) is 5.69 Å². The molecule has 0 bridgehead atoms. The van der Waals surface area contributed by atoms with E-state index in [2.05, 4.69) is 10.2 Å². The van der Waals surface area contributed by atoms with Crippen LogP contribution in [-0.2, 0) is 4.79 Å². The normalized spacial score (nSPS) is 11.7. The number of aryl methyl sites for hydroxylation is 2. The summed E-state index contributed by atoms with van der Waals surface area (Å²) in [6.07, 6.45) is -0.521. The van der Waals surface area contributed by atoms with E-state index in [1.807, 2.05) is 69.4 Å². The van der Waals surface area contributed by atoms with Crippen molar-refractivity contribution in [2.75, 3.05) is 25.0 Å². The number of likely N-dealkylation sites (N-methyl/N-ethyl adjacent to an activating group) is 1. The molecule has 0 fully saturated rings. The van der Waals surface area contributed by atoms with Gasteiger partial charge in [-0.2, -0.15) is 0 Å². The molecule has 0 aliphatic heterocycles. The minimum absolute atomic E-state index is 0.0997. The molecule has 0 aliphatic carbocycles. The molecule has 0 heterocycles. The molecule has 2 rings (SSSR count). The molecule has 0 saturated heterocycles. The highest BCUT2D eigenvalue weighted by Gasteiger charge is 2.15. The average Bonchev–Trinajstić information content (AvgIpc) is 2.58. The zero-order valence-electron chi connectivity index (χ0n) is 14.9. The zero-order chi connectivity index (χ0) is 17.5. The van der Waals surface area contributed by atoms with Crippen LogP contribution in [0.1, 0.15) is 18.1 Å². The third-order valence-corrected chi connectivity index (χ3v) is 3.96. The number of nitrogens with zero attached hydrogens (tertiary/aromatic N) is 1. The summed E-state index contributed by atoms with van der Waals surface area (Å²) in [5, 5.41) is 2.93. The Morgan fingerprint density at radius 2 is 1.88 bits per heavy atom. The van der Waals surface area contributed by atoms with Crippen molar-refractivity contribution >= 4 is 11.6 Å². The smallest absolute Gasteiger partial charge is 0.260 e. The SMILES string of the molecule is Cc1ccc(C)c(O[C@H](C)C(=O)NCCN(C)c2ccccc2)c1. The van der Waals surface area contributed by atoms with Crippen LogP contribution in [0.15, 0.2) is 48.5 Å². The van der Waals surface area contributed by atoms with E-state index < -0.39 is 6.10 Å². The minimum Gasteiger partial charge on any atom is -0.481 e. The van der Waals surface area contributed by atoms with Crippen LogP contribution >= 0.6 is 0 Å². The Kier molecular flexibility index (Phi) is 6.24. The summed E-state index contributed by atoms with van der Waals surface area (Å²) in [5.74, 6) is 0.663. The Morgan fingerprint density at radius 1 is 1.17 bits per heavy atom. The van der Waals surface area contributed by atoms with Crippen LogP contribution in [-0.4, -0.2) is 32.1 Å². The average molecular weight is 326 g/mol. The van der Waals surface area contributed by atoms with Crippen LogP contribution in [0.2, 0.25) is 0 Å². The number of para-hydroxylation sites is 1. The number of anilines is 1. The molecular formula is C20H26N2O2. The van der Waals surface area contributed by atoms with Gasteiger partial charge < -0.3 is 15.0 Å². The van der Waals surface area contributed by atoms with Crippen LogP contribution in [0.25, 0.3) is 0 Å². The van der Waals surface area contributed by atoms with E-state index in [4.69, 9.17) is 4.74 Å². The Balaban J connectivity index is 1.80. The number of amides is 1. The number of nitrogens with one attached hydrogen (secondary N) is 1. The van der Waals surface area contributed by atoms with Gasteiger partial charge in [-0.25, -0.2) is 0 Å². The van der Waals surface area contributed by atoms with Gasteiger partial charge in [0.25, 0.3) is 5.91 Å². The number of ether oxygens (including phenoxy) is 1. The minimum atomic E-state index is -0.521. The molecule has 2 aromatic carbocycles. The van der Waals surface area contributed by atoms with Crippen LogP contribution in [0.3, 0.4) is 0 Å². The summed E-state index contributed by atoms with van der Waals surface area (Å²) in [6, 6.07) is 16.1. The summed E-state index contributed by atoms with van der Waals surface area (Å²) in [5.41, 5.74) is 3.28. The molecule has 128 valence electrons. The van der Waals surface area contributed by atoms with Crippen LogP contribution in [0, 0.1) is 13.8 Å². The van der Waals surface area contributed by atoms with Gasteiger partial charge in [-0.15, -0.1) is 0 Å². The molecule has 0 aliphatic rings. The summed E-state index contributed by atoms with van der Waals surface area (Å²) >= 11 is 0. The first-order valence-electron chi connectivity index (χ1n) is 8.25. The maximum atomic E-state index is 12.2. The Morgan fingerprint density at radius 3 is 2.58 bits per heavy atom. The number of carbonyl (C=O) groups excluding carboxylic acids is 1. The van der Waals surface area contributed by atoms with E-state index in [9.17, 15) is 4.79 Å². The molecule has 0 aromatic heterocycles. The molecule has 24 heavy (non-hydrogen) atoms. The Labute approximate surface area is 144 Å². The molecule has 1 N–H and O–H groups in total. The van der Waals surface area contributed by atoms with Crippen LogP contribution in [0.5, 0.6) is 5.75 Å². The van der Waals surface area contributed by atoms with Crippen molar-refractivity contribution in [2.24, 2.45) is 0 Å². The molecule has 0 unspecified atom stereocenters. The number of rotatable bonds is 7. The fraction of sp³-hybridized carbons (Fsp3) is 0.350. The molecule has 1 amide bonds. The summed E-state index contributed by atoms with van der Waals surface area (Å²) < 4.78 is 5.80. The molecule has 4 heteroatoms. The van der Waals surface area contributed by atoms with Crippen molar-refractivity contribution in [3.8, 4) is 5.75 Å². The third-order valence-electron chi connectivity index (χ3n) is 3.96. The van der Waals surface area contributed by atoms with Crippen molar-refractivity contribution in [3.05, 3.63) is 59.7 Å². The number of carbonyl (C=O) groups is 1. The third kappa shape index (κ3) is 5.01. The van der Waals surface area contributed by atoms with E-state index in [0.717, 1.165) is 29.1 Å².